The molecule has 3 aromatic carbocycles. The van der Waals surface area contributed by atoms with Gasteiger partial charge in [-0.3, -0.25) is 0 Å². The maximum absolute atomic E-state index is 9.05. The van der Waals surface area contributed by atoms with E-state index in [1.807, 2.05) is 54.6 Å². The van der Waals surface area contributed by atoms with E-state index in [2.05, 4.69) is 25.9 Å². The van der Waals surface area contributed by atoms with E-state index in [1.165, 1.54) is 6.21 Å². The quantitative estimate of drug-likeness (QED) is 0.252. The molecule has 0 aliphatic rings. The molecule has 0 atom stereocenters. The number of ether oxygens (including phenoxy) is 3. The zero-order chi connectivity index (χ0) is 20.9. The van der Waals surface area contributed by atoms with Crippen LogP contribution in [0.1, 0.15) is 31.9 Å². The SMILES string of the molecule is COc1ccc(OCCOc2ccc3ccccc3c2C=NO)c(C(C)(C)C)c1. The van der Waals surface area contributed by atoms with Crippen molar-refractivity contribution < 1.29 is 19.4 Å². The van der Waals surface area contributed by atoms with Crippen molar-refractivity contribution in [1.29, 1.82) is 0 Å². The monoisotopic (exact) mass is 393 g/mol. The van der Waals surface area contributed by atoms with Crippen LogP contribution in [0.4, 0.5) is 0 Å². The highest BCUT2D eigenvalue weighted by Crippen LogP contribution is 2.34. The summed E-state index contributed by atoms with van der Waals surface area (Å²) in [4.78, 5) is 0. The maximum atomic E-state index is 9.05. The summed E-state index contributed by atoms with van der Waals surface area (Å²) in [7, 11) is 1.66. The minimum Gasteiger partial charge on any atom is -0.497 e. The van der Waals surface area contributed by atoms with Crippen LogP contribution in [0.2, 0.25) is 0 Å². The first-order valence-corrected chi connectivity index (χ1v) is 9.57. The molecule has 3 rings (SSSR count). The van der Waals surface area contributed by atoms with Gasteiger partial charge in [0, 0.05) is 11.1 Å². The molecule has 5 nitrogen and oxygen atoms in total. The summed E-state index contributed by atoms with van der Waals surface area (Å²) in [6, 6.07) is 17.6. The number of nitrogens with zero attached hydrogens (tertiary/aromatic N) is 1. The zero-order valence-corrected chi connectivity index (χ0v) is 17.3. The van der Waals surface area contributed by atoms with Crippen molar-refractivity contribution in [1.82, 2.24) is 0 Å². The third kappa shape index (κ3) is 4.80. The summed E-state index contributed by atoms with van der Waals surface area (Å²) >= 11 is 0. The normalized spacial score (nSPS) is 11.7. The molecular formula is C24H27NO4. The van der Waals surface area contributed by atoms with Crippen LogP contribution in [0.3, 0.4) is 0 Å². The minimum absolute atomic E-state index is 0.0756. The molecule has 1 N–H and O–H groups in total. The Morgan fingerprint density at radius 3 is 2.31 bits per heavy atom. The van der Waals surface area contributed by atoms with E-state index in [4.69, 9.17) is 19.4 Å². The molecule has 0 heterocycles. The van der Waals surface area contributed by atoms with Gasteiger partial charge in [-0.05, 0) is 40.5 Å². The van der Waals surface area contributed by atoms with Crippen molar-refractivity contribution >= 4 is 17.0 Å². The number of fused-ring (bicyclic) bond motifs is 1. The fraction of sp³-hybridized carbons (Fsp3) is 0.292. The van der Waals surface area contributed by atoms with E-state index in [9.17, 15) is 0 Å². The van der Waals surface area contributed by atoms with Gasteiger partial charge in [0.05, 0.1) is 13.3 Å². The van der Waals surface area contributed by atoms with Crippen LogP contribution in [0.15, 0.2) is 59.8 Å². The van der Waals surface area contributed by atoms with Crippen molar-refractivity contribution in [3.8, 4) is 17.2 Å². The van der Waals surface area contributed by atoms with Crippen molar-refractivity contribution in [2.75, 3.05) is 20.3 Å². The van der Waals surface area contributed by atoms with Crippen LogP contribution in [-0.2, 0) is 5.41 Å². The number of hydrogen-bond donors (Lipinski definition) is 1. The maximum Gasteiger partial charge on any atom is 0.129 e. The lowest BCUT2D eigenvalue weighted by atomic mass is 9.86. The molecule has 0 amide bonds. The van der Waals surface area contributed by atoms with Crippen LogP contribution < -0.4 is 14.2 Å². The second kappa shape index (κ2) is 8.86. The van der Waals surface area contributed by atoms with Gasteiger partial charge in [0.2, 0.25) is 0 Å². The Kier molecular flexibility index (Phi) is 6.27. The Balaban J connectivity index is 1.72. The summed E-state index contributed by atoms with van der Waals surface area (Å²) in [5, 5.41) is 14.3. The molecule has 0 radical (unpaired) electrons. The topological polar surface area (TPSA) is 60.3 Å². The fourth-order valence-electron chi connectivity index (χ4n) is 3.24. The number of hydrogen-bond acceptors (Lipinski definition) is 5. The zero-order valence-electron chi connectivity index (χ0n) is 17.3. The first kappa shape index (κ1) is 20.5. The van der Waals surface area contributed by atoms with E-state index in [1.54, 1.807) is 7.11 Å². The molecule has 0 fully saturated rings. The number of oxime groups is 1. The largest absolute Gasteiger partial charge is 0.497 e. The summed E-state index contributed by atoms with van der Waals surface area (Å²) in [6.45, 7) is 7.17. The van der Waals surface area contributed by atoms with E-state index in [0.717, 1.165) is 33.4 Å². The molecule has 0 aliphatic carbocycles. The van der Waals surface area contributed by atoms with E-state index in [0.29, 0.717) is 19.0 Å². The molecule has 0 aliphatic heterocycles. The third-order valence-corrected chi connectivity index (χ3v) is 4.71. The molecule has 0 saturated heterocycles. The Morgan fingerprint density at radius 2 is 1.62 bits per heavy atom. The van der Waals surface area contributed by atoms with Gasteiger partial charge in [0.1, 0.15) is 30.5 Å². The summed E-state index contributed by atoms with van der Waals surface area (Å²) in [5.41, 5.74) is 1.74. The number of benzene rings is 3. The van der Waals surface area contributed by atoms with Crippen LogP contribution in [-0.4, -0.2) is 31.7 Å². The first-order valence-electron chi connectivity index (χ1n) is 9.57. The van der Waals surface area contributed by atoms with Gasteiger partial charge in [0.15, 0.2) is 0 Å². The lowest BCUT2D eigenvalue weighted by molar-refractivity contribution is 0.214. The lowest BCUT2D eigenvalue weighted by Crippen LogP contribution is -2.16. The average molecular weight is 393 g/mol. The van der Waals surface area contributed by atoms with Crippen molar-refractivity contribution in [3.63, 3.8) is 0 Å². The molecule has 0 spiro atoms. The Bertz CT molecular complexity index is 1010. The van der Waals surface area contributed by atoms with Gasteiger partial charge >= 0.3 is 0 Å². The van der Waals surface area contributed by atoms with Crippen molar-refractivity contribution in [2.24, 2.45) is 5.16 Å². The smallest absolute Gasteiger partial charge is 0.129 e. The van der Waals surface area contributed by atoms with E-state index < -0.39 is 0 Å². The summed E-state index contributed by atoms with van der Waals surface area (Å²) in [5.74, 6) is 2.27. The van der Waals surface area contributed by atoms with Crippen molar-refractivity contribution in [2.45, 2.75) is 26.2 Å². The highest BCUT2D eigenvalue weighted by molar-refractivity contribution is 6.02. The van der Waals surface area contributed by atoms with Crippen LogP contribution in [0.5, 0.6) is 17.2 Å². The molecule has 29 heavy (non-hydrogen) atoms. The molecule has 0 bridgehead atoms. The third-order valence-electron chi connectivity index (χ3n) is 4.71. The van der Waals surface area contributed by atoms with Crippen LogP contribution >= 0.6 is 0 Å². The average Bonchev–Trinajstić information content (AvgIpc) is 2.71. The lowest BCUT2D eigenvalue weighted by Gasteiger charge is -2.23. The fourth-order valence-corrected chi connectivity index (χ4v) is 3.24. The molecule has 152 valence electrons. The second-order valence-electron chi connectivity index (χ2n) is 7.75. The molecule has 0 unspecified atom stereocenters. The summed E-state index contributed by atoms with van der Waals surface area (Å²) < 4.78 is 17.3. The minimum atomic E-state index is -0.0756. The van der Waals surface area contributed by atoms with Gasteiger partial charge in [-0.2, -0.15) is 0 Å². The van der Waals surface area contributed by atoms with Gasteiger partial charge in [-0.1, -0.05) is 56.3 Å². The molecule has 5 heteroatoms. The Labute approximate surface area is 171 Å². The van der Waals surface area contributed by atoms with Crippen molar-refractivity contribution in [3.05, 3.63) is 65.7 Å². The second-order valence-corrected chi connectivity index (χ2v) is 7.75. The Hall–Kier alpha value is -3.21. The number of rotatable bonds is 7. The molecule has 3 aromatic rings. The van der Waals surface area contributed by atoms with E-state index in [-0.39, 0.29) is 5.41 Å². The predicted molar refractivity (Wildman–Crippen MR) is 116 cm³/mol. The highest BCUT2D eigenvalue weighted by Gasteiger charge is 2.20. The standard InChI is InChI=1S/C24H27NO4/c1-24(2,3)21-15-18(27-4)10-12-23(21)29-14-13-28-22-11-9-17-7-5-6-8-19(17)20(22)16-25-26/h5-12,15-16,26H,13-14H2,1-4H3. The first-order chi connectivity index (χ1) is 13.9. The van der Waals surface area contributed by atoms with Gasteiger partial charge < -0.3 is 19.4 Å². The molecular weight excluding hydrogens is 366 g/mol. The van der Waals surface area contributed by atoms with Gasteiger partial charge in [0.25, 0.3) is 0 Å². The van der Waals surface area contributed by atoms with Crippen LogP contribution in [0.25, 0.3) is 10.8 Å². The van der Waals surface area contributed by atoms with Gasteiger partial charge in [-0.25, -0.2) is 0 Å². The molecule has 0 aromatic heterocycles. The predicted octanol–water partition coefficient (Wildman–Crippen LogP) is 5.41. The molecule has 0 saturated carbocycles. The number of methoxy groups -OCH3 is 1. The highest BCUT2D eigenvalue weighted by atomic mass is 16.5. The Morgan fingerprint density at radius 1 is 0.931 bits per heavy atom. The summed E-state index contributed by atoms with van der Waals surface area (Å²) in [6.07, 6.45) is 1.40. The van der Waals surface area contributed by atoms with Gasteiger partial charge in [-0.15, -0.1) is 0 Å². The van der Waals surface area contributed by atoms with Crippen LogP contribution in [0, 0.1) is 0 Å². The van der Waals surface area contributed by atoms with E-state index >= 15 is 0 Å².